The van der Waals surface area contributed by atoms with Gasteiger partial charge >= 0.3 is 5.97 Å². The number of hydrogen-bond acceptors (Lipinski definition) is 4. The molecule has 7 nitrogen and oxygen atoms in total. The summed E-state index contributed by atoms with van der Waals surface area (Å²) in [6.45, 7) is 0.950. The number of carbonyl (C=O) groups is 4. The lowest BCUT2D eigenvalue weighted by Gasteiger charge is -2.26. The van der Waals surface area contributed by atoms with Gasteiger partial charge in [0.15, 0.2) is 5.78 Å². The Balaban J connectivity index is 1.51. The zero-order valence-corrected chi connectivity index (χ0v) is 17.1. The number of carboxylic acid groups (broad SMARTS) is 1. The molecule has 2 saturated heterocycles. The maximum Gasteiger partial charge on any atom is 0.326 e. The van der Waals surface area contributed by atoms with Crippen molar-refractivity contribution in [3.63, 3.8) is 0 Å². The van der Waals surface area contributed by atoms with Gasteiger partial charge < -0.3 is 14.9 Å². The molecule has 160 valence electrons. The minimum atomic E-state index is -1.00. The fourth-order valence-corrected chi connectivity index (χ4v) is 5.17. The number of rotatable bonds is 5. The van der Waals surface area contributed by atoms with Crippen molar-refractivity contribution in [1.29, 1.82) is 0 Å². The standard InChI is InChI=1S/C23H28N2O5/c26-20(15-6-1-2-7-15)18-10-4-12-24(18)21(27)16-8-3-9-17(14-16)22(28)25-13-5-11-19(25)23(29)30/h3,8-9,14-15,18-19H,1-2,4-7,10-13H2,(H,29,30)/t18-,19-/m0/s1. The number of ketones is 1. The fourth-order valence-electron chi connectivity index (χ4n) is 5.17. The summed E-state index contributed by atoms with van der Waals surface area (Å²) in [6.07, 6.45) is 6.60. The van der Waals surface area contributed by atoms with Crippen molar-refractivity contribution in [2.45, 2.75) is 63.5 Å². The first kappa shape index (κ1) is 20.6. The van der Waals surface area contributed by atoms with Gasteiger partial charge in [-0.1, -0.05) is 18.9 Å². The number of likely N-dealkylation sites (tertiary alicyclic amines) is 2. The quantitative estimate of drug-likeness (QED) is 0.802. The van der Waals surface area contributed by atoms with Crippen LogP contribution in [-0.4, -0.2) is 63.6 Å². The van der Waals surface area contributed by atoms with E-state index in [0.717, 1.165) is 32.1 Å². The lowest BCUT2D eigenvalue weighted by Crippen LogP contribution is -2.43. The predicted octanol–water partition coefficient (Wildman–Crippen LogP) is 2.74. The molecule has 3 fully saturated rings. The Morgan fingerprint density at radius 2 is 1.30 bits per heavy atom. The van der Waals surface area contributed by atoms with E-state index in [-0.39, 0.29) is 29.6 Å². The van der Waals surface area contributed by atoms with Gasteiger partial charge in [-0.2, -0.15) is 0 Å². The van der Waals surface area contributed by atoms with Gasteiger partial charge in [0.25, 0.3) is 11.8 Å². The van der Waals surface area contributed by atoms with E-state index in [4.69, 9.17) is 0 Å². The first-order valence-corrected chi connectivity index (χ1v) is 11.0. The Hall–Kier alpha value is -2.70. The van der Waals surface area contributed by atoms with Gasteiger partial charge in [-0.15, -0.1) is 0 Å². The normalized spacial score (nSPS) is 24.4. The summed E-state index contributed by atoms with van der Waals surface area (Å²) in [5, 5.41) is 9.35. The summed E-state index contributed by atoms with van der Waals surface area (Å²) < 4.78 is 0. The highest BCUT2D eigenvalue weighted by Gasteiger charge is 2.39. The van der Waals surface area contributed by atoms with Crippen LogP contribution >= 0.6 is 0 Å². The molecule has 1 N–H and O–H groups in total. The van der Waals surface area contributed by atoms with E-state index in [1.54, 1.807) is 23.1 Å². The molecule has 1 aromatic carbocycles. The Morgan fingerprint density at radius 3 is 1.87 bits per heavy atom. The summed E-state index contributed by atoms with van der Waals surface area (Å²) in [7, 11) is 0. The van der Waals surface area contributed by atoms with Crippen LogP contribution in [0.25, 0.3) is 0 Å². The molecule has 7 heteroatoms. The molecule has 0 aromatic heterocycles. The molecule has 0 bridgehead atoms. The SMILES string of the molecule is O=C(O)[C@@H]1CCCN1C(=O)c1cccc(C(=O)N2CCC[C@H]2C(=O)C2CCCC2)c1. The summed E-state index contributed by atoms with van der Waals surface area (Å²) >= 11 is 0. The highest BCUT2D eigenvalue weighted by molar-refractivity contribution is 6.02. The number of carbonyl (C=O) groups excluding carboxylic acids is 3. The van der Waals surface area contributed by atoms with E-state index < -0.39 is 12.0 Å². The molecule has 2 aliphatic heterocycles. The van der Waals surface area contributed by atoms with Crippen LogP contribution in [0.2, 0.25) is 0 Å². The summed E-state index contributed by atoms with van der Waals surface area (Å²) in [5.74, 6) is -1.34. The number of Topliss-reactive ketones (excluding diaryl/α,β-unsaturated/α-hetero) is 1. The van der Waals surface area contributed by atoms with Crippen molar-refractivity contribution in [2.75, 3.05) is 13.1 Å². The molecule has 0 radical (unpaired) electrons. The number of hydrogen-bond donors (Lipinski definition) is 1. The zero-order valence-electron chi connectivity index (χ0n) is 17.1. The van der Waals surface area contributed by atoms with Crippen molar-refractivity contribution in [2.24, 2.45) is 5.92 Å². The number of benzene rings is 1. The Kier molecular flexibility index (Phi) is 5.88. The van der Waals surface area contributed by atoms with Crippen LogP contribution in [0.3, 0.4) is 0 Å². The molecule has 1 aromatic rings. The van der Waals surface area contributed by atoms with Crippen LogP contribution < -0.4 is 0 Å². The molecule has 1 saturated carbocycles. The second kappa shape index (κ2) is 8.58. The van der Waals surface area contributed by atoms with Gasteiger partial charge in [0.2, 0.25) is 0 Å². The summed E-state index contributed by atoms with van der Waals surface area (Å²) in [4.78, 5) is 53.5. The van der Waals surface area contributed by atoms with Gasteiger partial charge in [0.1, 0.15) is 6.04 Å². The average molecular weight is 412 g/mol. The van der Waals surface area contributed by atoms with Crippen LogP contribution in [-0.2, 0) is 9.59 Å². The van der Waals surface area contributed by atoms with Gasteiger partial charge in [0.05, 0.1) is 6.04 Å². The van der Waals surface area contributed by atoms with E-state index in [0.29, 0.717) is 43.5 Å². The van der Waals surface area contributed by atoms with Gasteiger partial charge in [-0.25, -0.2) is 4.79 Å². The zero-order chi connectivity index (χ0) is 21.3. The van der Waals surface area contributed by atoms with Crippen LogP contribution in [0.15, 0.2) is 24.3 Å². The van der Waals surface area contributed by atoms with E-state index in [1.165, 1.54) is 11.0 Å². The van der Waals surface area contributed by atoms with E-state index in [2.05, 4.69) is 0 Å². The maximum atomic E-state index is 13.2. The van der Waals surface area contributed by atoms with E-state index in [9.17, 15) is 24.3 Å². The second-order valence-electron chi connectivity index (χ2n) is 8.62. The van der Waals surface area contributed by atoms with Crippen molar-refractivity contribution in [3.8, 4) is 0 Å². The number of nitrogens with zero attached hydrogens (tertiary/aromatic N) is 2. The lowest BCUT2D eigenvalue weighted by molar-refractivity contribution is -0.141. The van der Waals surface area contributed by atoms with Crippen molar-refractivity contribution in [3.05, 3.63) is 35.4 Å². The van der Waals surface area contributed by atoms with Crippen LogP contribution in [0.1, 0.15) is 72.1 Å². The number of carboxylic acids is 1. The largest absolute Gasteiger partial charge is 0.480 e. The third-order valence-electron chi connectivity index (χ3n) is 6.75. The minimum Gasteiger partial charge on any atom is -0.480 e. The number of aliphatic carboxylic acids is 1. The molecular formula is C23H28N2O5. The van der Waals surface area contributed by atoms with Gasteiger partial charge in [0, 0.05) is 30.1 Å². The molecule has 30 heavy (non-hydrogen) atoms. The van der Waals surface area contributed by atoms with E-state index in [1.807, 2.05) is 0 Å². The highest BCUT2D eigenvalue weighted by Crippen LogP contribution is 2.31. The lowest BCUT2D eigenvalue weighted by atomic mass is 9.95. The Labute approximate surface area is 176 Å². The fraction of sp³-hybridized carbons (Fsp3) is 0.565. The molecule has 3 aliphatic rings. The smallest absolute Gasteiger partial charge is 0.326 e. The molecule has 0 unspecified atom stereocenters. The highest BCUT2D eigenvalue weighted by atomic mass is 16.4. The summed E-state index contributed by atoms with van der Waals surface area (Å²) in [5.41, 5.74) is 0.685. The molecule has 2 atom stereocenters. The third-order valence-corrected chi connectivity index (χ3v) is 6.75. The van der Waals surface area contributed by atoms with Crippen molar-refractivity contribution < 1.29 is 24.3 Å². The molecule has 2 heterocycles. The van der Waals surface area contributed by atoms with E-state index >= 15 is 0 Å². The molecule has 0 spiro atoms. The maximum absolute atomic E-state index is 13.2. The van der Waals surface area contributed by atoms with Gasteiger partial charge in [-0.05, 0) is 56.7 Å². The Morgan fingerprint density at radius 1 is 0.767 bits per heavy atom. The third kappa shape index (κ3) is 3.85. The van der Waals surface area contributed by atoms with Gasteiger partial charge in [-0.3, -0.25) is 14.4 Å². The summed E-state index contributed by atoms with van der Waals surface area (Å²) in [6, 6.07) is 5.28. The first-order valence-electron chi connectivity index (χ1n) is 11.0. The van der Waals surface area contributed by atoms with Crippen LogP contribution in [0.5, 0.6) is 0 Å². The van der Waals surface area contributed by atoms with Crippen LogP contribution in [0.4, 0.5) is 0 Å². The monoisotopic (exact) mass is 412 g/mol. The Bertz CT molecular complexity index is 861. The van der Waals surface area contributed by atoms with Crippen LogP contribution in [0, 0.1) is 5.92 Å². The second-order valence-corrected chi connectivity index (χ2v) is 8.62. The molecular weight excluding hydrogens is 384 g/mol. The average Bonchev–Trinajstić information content (AvgIpc) is 3.53. The minimum absolute atomic E-state index is 0.0689. The number of amides is 2. The first-order chi connectivity index (χ1) is 14.5. The van der Waals surface area contributed by atoms with Crippen molar-refractivity contribution in [1.82, 2.24) is 9.80 Å². The molecule has 1 aliphatic carbocycles. The van der Waals surface area contributed by atoms with Crippen molar-refractivity contribution >= 4 is 23.6 Å². The topological polar surface area (TPSA) is 95.0 Å². The predicted molar refractivity (Wildman–Crippen MR) is 109 cm³/mol. The molecule has 2 amide bonds. The molecule has 4 rings (SSSR count).